The van der Waals surface area contributed by atoms with Gasteiger partial charge in [-0.3, -0.25) is 4.79 Å². The lowest BCUT2D eigenvalue weighted by molar-refractivity contribution is 0.112. The van der Waals surface area contributed by atoms with E-state index in [1.807, 2.05) is 0 Å². The molecule has 0 aromatic heterocycles. The predicted molar refractivity (Wildman–Crippen MR) is 36.8 cm³/mol. The summed E-state index contributed by atoms with van der Waals surface area (Å²) in [5, 5.41) is 0.238. The van der Waals surface area contributed by atoms with Crippen LogP contribution in [-0.4, -0.2) is 6.29 Å². The molecule has 0 radical (unpaired) electrons. The molecular formula is C7H4ClFO. The number of carbonyl (C=O) groups is 1. The number of benzene rings is 1. The first-order valence-electron chi connectivity index (χ1n) is 2.63. The van der Waals surface area contributed by atoms with Crippen LogP contribution in [0.4, 0.5) is 4.39 Å². The molecule has 0 saturated heterocycles. The van der Waals surface area contributed by atoms with Crippen LogP contribution < -0.4 is 0 Å². The standard InChI is InChI=1S/C7H4ClFO/c8-6-1-5(4-10)2-7(9)3-6/h1-4H. The number of aldehydes is 1. The highest BCUT2D eigenvalue weighted by Gasteiger charge is 1.96. The molecule has 1 rings (SSSR count). The fraction of sp³-hybridized carbons (Fsp3) is 0. The first-order chi connectivity index (χ1) is 4.72. The zero-order chi connectivity index (χ0) is 7.56. The summed E-state index contributed by atoms with van der Waals surface area (Å²) in [5.74, 6) is -0.491. The van der Waals surface area contributed by atoms with Crippen molar-refractivity contribution in [1.29, 1.82) is 0 Å². The van der Waals surface area contributed by atoms with E-state index >= 15 is 0 Å². The quantitative estimate of drug-likeness (QED) is 0.573. The van der Waals surface area contributed by atoms with Crippen LogP contribution in [0.1, 0.15) is 10.4 Å². The Kier molecular flexibility index (Phi) is 2.02. The number of carbonyl (C=O) groups excluding carboxylic acids is 1. The Morgan fingerprint density at radius 1 is 1.40 bits per heavy atom. The monoisotopic (exact) mass is 158 g/mol. The minimum atomic E-state index is -0.491. The van der Waals surface area contributed by atoms with Crippen LogP contribution in [0, 0.1) is 5.82 Å². The van der Waals surface area contributed by atoms with E-state index < -0.39 is 5.82 Å². The fourth-order valence-electron chi connectivity index (χ4n) is 0.643. The lowest BCUT2D eigenvalue weighted by atomic mass is 10.2. The molecular weight excluding hydrogens is 155 g/mol. The molecule has 1 aromatic carbocycles. The SMILES string of the molecule is O=Cc1cc(F)cc(Cl)c1. The van der Waals surface area contributed by atoms with Crippen LogP contribution in [0.25, 0.3) is 0 Å². The third kappa shape index (κ3) is 1.54. The zero-order valence-electron chi connectivity index (χ0n) is 4.97. The van der Waals surface area contributed by atoms with Crippen molar-refractivity contribution in [3.63, 3.8) is 0 Å². The highest BCUT2D eigenvalue weighted by atomic mass is 35.5. The second-order valence-electron chi connectivity index (χ2n) is 1.82. The van der Waals surface area contributed by atoms with Crippen molar-refractivity contribution in [2.45, 2.75) is 0 Å². The molecule has 1 aromatic rings. The van der Waals surface area contributed by atoms with Gasteiger partial charge >= 0.3 is 0 Å². The molecule has 0 fully saturated rings. The van der Waals surface area contributed by atoms with Crippen molar-refractivity contribution >= 4 is 17.9 Å². The Hall–Kier alpha value is -0.890. The molecule has 0 bridgehead atoms. The van der Waals surface area contributed by atoms with Crippen molar-refractivity contribution in [3.8, 4) is 0 Å². The van der Waals surface area contributed by atoms with Gasteiger partial charge in [0.05, 0.1) is 0 Å². The molecule has 10 heavy (non-hydrogen) atoms. The van der Waals surface area contributed by atoms with Gasteiger partial charge in [0, 0.05) is 10.6 Å². The van der Waals surface area contributed by atoms with E-state index in [1.54, 1.807) is 0 Å². The first-order valence-corrected chi connectivity index (χ1v) is 3.01. The van der Waals surface area contributed by atoms with Crippen LogP contribution in [-0.2, 0) is 0 Å². The number of rotatable bonds is 1. The van der Waals surface area contributed by atoms with Gasteiger partial charge < -0.3 is 0 Å². The molecule has 0 spiro atoms. The first kappa shape index (κ1) is 7.22. The maximum absolute atomic E-state index is 12.4. The third-order valence-electron chi connectivity index (χ3n) is 1.02. The Morgan fingerprint density at radius 2 is 2.10 bits per heavy atom. The molecule has 0 saturated carbocycles. The van der Waals surface area contributed by atoms with Crippen molar-refractivity contribution in [1.82, 2.24) is 0 Å². The summed E-state index contributed by atoms with van der Waals surface area (Å²) >= 11 is 5.43. The average Bonchev–Trinajstić information content (AvgIpc) is 1.85. The third-order valence-corrected chi connectivity index (χ3v) is 1.24. The fourth-order valence-corrected chi connectivity index (χ4v) is 0.873. The minimum absolute atomic E-state index is 0.238. The molecule has 0 aliphatic rings. The molecule has 3 heteroatoms. The highest BCUT2D eigenvalue weighted by molar-refractivity contribution is 6.30. The van der Waals surface area contributed by atoms with Crippen molar-refractivity contribution < 1.29 is 9.18 Å². The van der Waals surface area contributed by atoms with Gasteiger partial charge in [-0.1, -0.05) is 11.6 Å². The normalized spacial score (nSPS) is 9.40. The maximum Gasteiger partial charge on any atom is 0.150 e. The molecule has 0 atom stereocenters. The van der Waals surface area contributed by atoms with Crippen molar-refractivity contribution in [2.24, 2.45) is 0 Å². The van der Waals surface area contributed by atoms with Crippen LogP contribution >= 0.6 is 11.6 Å². The van der Waals surface area contributed by atoms with E-state index in [0.29, 0.717) is 6.29 Å². The highest BCUT2D eigenvalue weighted by Crippen LogP contribution is 2.12. The summed E-state index contributed by atoms with van der Waals surface area (Å²) in [4.78, 5) is 10.1. The molecule has 0 unspecified atom stereocenters. The van der Waals surface area contributed by atoms with Crippen LogP contribution in [0.15, 0.2) is 18.2 Å². The summed E-state index contributed by atoms with van der Waals surface area (Å²) in [7, 11) is 0. The summed E-state index contributed by atoms with van der Waals surface area (Å²) < 4.78 is 12.4. The molecule has 0 aliphatic heterocycles. The van der Waals surface area contributed by atoms with Gasteiger partial charge in [-0.25, -0.2) is 4.39 Å². The Bertz CT molecular complexity index is 240. The van der Waals surface area contributed by atoms with Crippen molar-refractivity contribution in [2.75, 3.05) is 0 Å². The van der Waals surface area contributed by atoms with Crippen LogP contribution in [0.5, 0.6) is 0 Å². The smallest absolute Gasteiger partial charge is 0.150 e. The summed E-state index contributed by atoms with van der Waals surface area (Å²) in [6.45, 7) is 0. The predicted octanol–water partition coefficient (Wildman–Crippen LogP) is 2.29. The van der Waals surface area contributed by atoms with E-state index in [9.17, 15) is 9.18 Å². The number of hydrogen-bond donors (Lipinski definition) is 0. The average molecular weight is 159 g/mol. The van der Waals surface area contributed by atoms with E-state index in [0.717, 1.165) is 12.1 Å². The summed E-state index contributed by atoms with van der Waals surface area (Å²) in [6.07, 6.45) is 0.551. The molecule has 0 N–H and O–H groups in total. The molecule has 0 heterocycles. The van der Waals surface area contributed by atoms with E-state index in [-0.39, 0.29) is 10.6 Å². The molecule has 52 valence electrons. The Morgan fingerprint density at radius 3 is 2.60 bits per heavy atom. The van der Waals surface area contributed by atoms with Gasteiger partial charge in [-0.15, -0.1) is 0 Å². The minimum Gasteiger partial charge on any atom is -0.298 e. The second kappa shape index (κ2) is 2.80. The molecule has 0 aliphatic carbocycles. The van der Waals surface area contributed by atoms with Gasteiger partial charge in [-0.2, -0.15) is 0 Å². The van der Waals surface area contributed by atoms with Gasteiger partial charge in [0.25, 0.3) is 0 Å². The van der Waals surface area contributed by atoms with E-state index in [1.165, 1.54) is 6.07 Å². The largest absolute Gasteiger partial charge is 0.298 e. The zero-order valence-corrected chi connectivity index (χ0v) is 5.73. The number of halogens is 2. The van der Waals surface area contributed by atoms with Crippen LogP contribution in [0.3, 0.4) is 0 Å². The Labute approximate surface area is 62.4 Å². The van der Waals surface area contributed by atoms with Gasteiger partial charge in [0.1, 0.15) is 12.1 Å². The molecule has 0 amide bonds. The van der Waals surface area contributed by atoms with E-state index in [2.05, 4.69) is 0 Å². The van der Waals surface area contributed by atoms with Crippen molar-refractivity contribution in [3.05, 3.63) is 34.6 Å². The van der Waals surface area contributed by atoms with E-state index in [4.69, 9.17) is 11.6 Å². The topological polar surface area (TPSA) is 17.1 Å². The maximum atomic E-state index is 12.4. The van der Waals surface area contributed by atoms with Gasteiger partial charge in [-0.05, 0) is 18.2 Å². The van der Waals surface area contributed by atoms with Gasteiger partial charge in [0.15, 0.2) is 0 Å². The van der Waals surface area contributed by atoms with Crippen LogP contribution in [0.2, 0.25) is 5.02 Å². The Balaban J connectivity index is 3.18. The second-order valence-corrected chi connectivity index (χ2v) is 2.26. The lowest BCUT2D eigenvalue weighted by Crippen LogP contribution is -1.81. The summed E-state index contributed by atoms with van der Waals surface area (Å²) in [6, 6.07) is 3.67. The molecule has 1 nitrogen and oxygen atoms in total. The van der Waals surface area contributed by atoms with Gasteiger partial charge in [0.2, 0.25) is 0 Å². The number of hydrogen-bond acceptors (Lipinski definition) is 1. The lowest BCUT2D eigenvalue weighted by Gasteiger charge is -1.91. The summed E-state index contributed by atoms with van der Waals surface area (Å²) in [5.41, 5.74) is 0.255.